The fourth-order valence-corrected chi connectivity index (χ4v) is 2.52. The van der Waals surface area contributed by atoms with Gasteiger partial charge in [-0.05, 0) is 36.6 Å². The van der Waals surface area contributed by atoms with E-state index < -0.39 is 6.09 Å². The van der Waals surface area contributed by atoms with Gasteiger partial charge in [0.15, 0.2) is 11.5 Å². The lowest BCUT2D eigenvalue weighted by atomic mass is 10.2. The SMILES string of the molecule is CCOC(=O)CCCOc1cc(CNC(=O)OCc2ccccc2)ccc1OC. The van der Waals surface area contributed by atoms with Crippen LogP contribution in [0, 0.1) is 0 Å². The van der Waals surface area contributed by atoms with Gasteiger partial charge in [0.05, 0.1) is 20.3 Å². The summed E-state index contributed by atoms with van der Waals surface area (Å²) in [6, 6.07) is 14.9. The highest BCUT2D eigenvalue weighted by Crippen LogP contribution is 2.28. The van der Waals surface area contributed by atoms with E-state index in [0.29, 0.717) is 37.6 Å². The third-order valence-corrected chi connectivity index (χ3v) is 3.97. The Morgan fingerprint density at radius 2 is 1.76 bits per heavy atom. The Balaban J connectivity index is 1.80. The van der Waals surface area contributed by atoms with Gasteiger partial charge >= 0.3 is 12.1 Å². The number of nitrogens with one attached hydrogen (secondary N) is 1. The lowest BCUT2D eigenvalue weighted by Gasteiger charge is -2.13. The lowest BCUT2D eigenvalue weighted by molar-refractivity contribution is -0.143. The summed E-state index contributed by atoms with van der Waals surface area (Å²) in [5.41, 5.74) is 1.76. The third kappa shape index (κ3) is 8.13. The molecule has 0 bridgehead atoms. The van der Waals surface area contributed by atoms with Crippen LogP contribution < -0.4 is 14.8 Å². The number of alkyl carbamates (subject to hydrolysis) is 1. The molecule has 1 amide bonds. The number of rotatable bonds is 11. The summed E-state index contributed by atoms with van der Waals surface area (Å²) in [6.45, 7) is 3.00. The molecule has 0 heterocycles. The molecule has 2 aromatic rings. The fraction of sp³-hybridized carbons (Fsp3) is 0.364. The van der Waals surface area contributed by atoms with Crippen LogP contribution in [0.15, 0.2) is 48.5 Å². The molecule has 0 fully saturated rings. The standard InChI is InChI=1S/C22H27NO6/c1-3-27-21(24)10-7-13-28-20-14-18(11-12-19(20)26-2)15-23-22(25)29-16-17-8-5-4-6-9-17/h4-6,8-9,11-12,14H,3,7,10,13,15-16H2,1-2H3,(H,23,25). The van der Waals surface area contributed by atoms with Crippen molar-refractivity contribution in [2.24, 2.45) is 0 Å². The molecule has 0 aromatic heterocycles. The van der Waals surface area contributed by atoms with Gasteiger partial charge in [-0.3, -0.25) is 4.79 Å². The first kappa shape index (κ1) is 22.1. The first-order chi connectivity index (χ1) is 14.1. The molecule has 7 nitrogen and oxygen atoms in total. The maximum Gasteiger partial charge on any atom is 0.407 e. The van der Waals surface area contributed by atoms with E-state index in [0.717, 1.165) is 11.1 Å². The summed E-state index contributed by atoms with van der Waals surface area (Å²) in [6.07, 6.45) is 0.336. The molecule has 0 spiro atoms. The molecule has 0 saturated heterocycles. The minimum Gasteiger partial charge on any atom is -0.493 e. The molecule has 0 radical (unpaired) electrons. The molecule has 0 atom stereocenters. The average molecular weight is 401 g/mol. The Bertz CT molecular complexity index is 778. The normalized spacial score (nSPS) is 10.1. The number of ether oxygens (including phenoxy) is 4. The molecule has 7 heteroatoms. The Morgan fingerprint density at radius 3 is 2.48 bits per heavy atom. The summed E-state index contributed by atoms with van der Waals surface area (Å²) in [5.74, 6) is 0.889. The highest BCUT2D eigenvalue weighted by Gasteiger charge is 2.09. The van der Waals surface area contributed by atoms with Crippen molar-refractivity contribution in [2.75, 3.05) is 20.3 Å². The summed E-state index contributed by atoms with van der Waals surface area (Å²) >= 11 is 0. The topological polar surface area (TPSA) is 83.1 Å². The molecule has 0 saturated carbocycles. The van der Waals surface area contributed by atoms with Crippen LogP contribution in [-0.2, 0) is 27.4 Å². The predicted molar refractivity (Wildman–Crippen MR) is 108 cm³/mol. The molecular weight excluding hydrogens is 374 g/mol. The number of carbonyl (C=O) groups is 2. The van der Waals surface area contributed by atoms with Crippen molar-refractivity contribution in [3.05, 3.63) is 59.7 Å². The zero-order valence-electron chi connectivity index (χ0n) is 16.8. The van der Waals surface area contributed by atoms with Crippen molar-refractivity contribution in [3.63, 3.8) is 0 Å². The lowest BCUT2D eigenvalue weighted by Crippen LogP contribution is -2.23. The van der Waals surface area contributed by atoms with E-state index in [2.05, 4.69) is 5.32 Å². The second-order valence-corrected chi connectivity index (χ2v) is 6.16. The second kappa shape index (κ2) is 12.3. The fourth-order valence-electron chi connectivity index (χ4n) is 2.52. The molecule has 1 N–H and O–H groups in total. The van der Waals surface area contributed by atoms with Crippen LogP contribution in [0.25, 0.3) is 0 Å². The van der Waals surface area contributed by atoms with Crippen molar-refractivity contribution in [3.8, 4) is 11.5 Å². The van der Waals surface area contributed by atoms with Gasteiger partial charge in [0, 0.05) is 13.0 Å². The quantitative estimate of drug-likeness (QED) is 0.455. The first-order valence-corrected chi connectivity index (χ1v) is 9.52. The van der Waals surface area contributed by atoms with Crippen molar-refractivity contribution < 1.29 is 28.5 Å². The Kier molecular flexibility index (Phi) is 9.35. The van der Waals surface area contributed by atoms with Gasteiger partial charge in [-0.25, -0.2) is 4.79 Å². The number of carbonyl (C=O) groups excluding carboxylic acids is 2. The van der Waals surface area contributed by atoms with Gasteiger partial charge in [0.1, 0.15) is 6.61 Å². The van der Waals surface area contributed by atoms with Gasteiger partial charge in [0.2, 0.25) is 0 Å². The Hall–Kier alpha value is -3.22. The number of esters is 1. The summed E-state index contributed by atoms with van der Waals surface area (Å²) < 4.78 is 21.1. The minimum atomic E-state index is -0.499. The molecular formula is C22H27NO6. The van der Waals surface area contributed by atoms with Gasteiger partial charge in [0.25, 0.3) is 0 Å². The monoisotopic (exact) mass is 401 g/mol. The molecule has 0 aliphatic carbocycles. The summed E-state index contributed by atoms with van der Waals surface area (Å²) in [7, 11) is 1.56. The highest BCUT2D eigenvalue weighted by atomic mass is 16.5. The van der Waals surface area contributed by atoms with Crippen molar-refractivity contribution in [2.45, 2.75) is 32.9 Å². The zero-order chi connectivity index (χ0) is 20.9. The Labute approximate surface area is 170 Å². The van der Waals surface area contributed by atoms with E-state index in [4.69, 9.17) is 18.9 Å². The van der Waals surface area contributed by atoms with Crippen molar-refractivity contribution in [1.82, 2.24) is 5.32 Å². The molecule has 0 aliphatic rings. The zero-order valence-corrected chi connectivity index (χ0v) is 16.8. The summed E-state index contributed by atoms with van der Waals surface area (Å²) in [4.78, 5) is 23.3. The van der Waals surface area contributed by atoms with Crippen LogP contribution in [0.4, 0.5) is 4.79 Å². The van der Waals surface area contributed by atoms with Crippen LogP contribution in [0.3, 0.4) is 0 Å². The molecule has 0 unspecified atom stereocenters. The highest BCUT2D eigenvalue weighted by molar-refractivity contribution is 5.69. The second-order valence-electron chi connectivity index (χ2n) is 6.16. The van der Waals surface area contributed by atoms with Crippen LogP contribution in [-0.4, -0.2) is 32.4 Å². The molecule has 29 heavy (non-hydrogen) atoms. The van der Waals surface area contributed by atoms with Crippen LogP contribution in [0.2, 0.25) is 0 Å². The van der Waals surface area contributed by atoms with Crippen molar-refractivity contribution >= 4 is 12.1 Å². The molecule has 156 valence electrons. The van der Waals surface area contributed by atoms with Crippen LogP contribution >= 0.6 is 0 Å². The largest absolute Gasteiger partial charge is 0.493 e. The number of hydrogen-bond acceptors (Lipinski definition) is 6. The van der Waals surface area contributed by atoms with E-state index in [1.54, 1.807) is 26.2 Å². The summed E-state index contributed by atoms with van der Waals surface area (Å²) in [5, 5.41) is 2.71. The van der Waals surface area contributed by atoms with E-state index in [9.17, 15) is 9.59 Å². The van der Waals surface area contributed by atoms with E-state index >= 15 is 0 Å². The van der Waals surface area contributed by atoms with E-state index in [1.165, 1.54) is 0 Å². The molecule has 0 aliphatic heterocycles. The number of methoxy groups -OCH3 is 1. The van der Waals surface area contributed by atoms with E-state index in [-0.39, 0.29) is 19.1 Å². The average Bonchev–Trinajstić information content (AvgIpc) is 2.75. The molecule has 2 rings (SSSR count). The first-order valence-electron chi connectivity index (χ1n) is 9.52. The van der Waals surface area contributed by atoms with Gasteiger partial charge in [-0.15, -0.1) is 0 Å². The number of hydrogen-bond donors (Lipinski definition) is 1. The van der Waals surface area contributed by atoms with Gasteiger partial charge < -0.3 is 24.3 Å². The number of benzene rings is 2. The Morgan fingerprint density at radius 1 is 0.966 bits per heavy atom. The maximum absolute atomic E-state index is 11.9. The maximum atomic E-state index is 11.9. The minimum absolute atomic E-state index is 0.212. The van der Waals surface area contributed by atoms with Crippen molar-refractivity contribution in [1.29, 1.82) is 0 Å². The van der Waals surface area contributed by atoms with E-state index in [1.807, 2.05) is 36.4 Å². The number of amides is 1. The third-order valence-electron chi connectivity index (χ3n) is 3.97. The van der Waals surface area contributed by atoms with Crippen LogP contribution in [0.5, 0.6) is 11.5 Å². The van der Waals surface area contributed by atoms with Gasteiger partial charge in [-0.2, -0.15) is 0 Å². The predicted octanol–water partition coefficient (Wildman–Crippen LogP) is 3.84. The van der Waals surface area contributed by atoms with Gasteiger partial charge in [-0.1, -0.05) is 36.4 Å². The molecule has 2 aromatic carbocycles. The van der Waals surface area contributed by atoms with Crippen LogP contribution in [0.1, 0.15) is 30.9 Å². The smallest absolute Gasteiger partial charge is 0.407 e.